The van der Waals surface area contributed by atoms with Crippen molar-refractivity contribution in [3.63, 3.8) is 0 Å². The van der Waals surface area contributed by atoms with E-state index in [4.69, 9.17) is 0 Å². The Hall–Kier alpha value is -1.69. The Morgan fingerprint density at radius 2 is 0.879 bits per heavy atom. The zero-order valence-electron chi connectivity index (χ0n) is 20.0. The summed E-state index contributed by atoms with van der Waals surface area (Å²) in [4.78, 5) is 0. The van der Waals surface area contributed by atoms with Gasteiger partial charge in [0, 0.05) is 5.33 Å². The van der Waals surface area contributed by atoms with E-state index in [1.807, 2.05) is 0 Å². The normalized spacial score (nSPS) is 12.3. The summed E-state index contributed by atoms with van der Waals surface area (Å²) in [5, 5.41) is 5.63. The van der Waals surface area contributed by atoms with Crippen LogP contribution in [0.15, 0.2) is 103 Å². The molecule has 0 unspecified atom stereocenters. The fourth-order valence-corrected chi connectivity index (χ4v) is 9.73. The molecule has 0 aliphatic rings. The number of rotatable bonds is 15. The van der Waals surface area contributed by atoms with E-state index < -0.39 is 7.26 Å². The first-order chi connectivity index (χ1) is 16.4. The minimum atomic E-state index is -2.11. The summed E-state index contributed by atoms with van der Waals surface area (Å²) < 4.78 is 0. The monoisotopic (exact) mass is 522 g/mol. The maximum atomic E-state index is 3.52. The van der Waals surface area contributed by atoms with Gasteiger partial charge in [-0.05, 0) is 0 Å². The maximum absolute atomic E-state index is 3.52. The van der Waals surface area contributed by atoms with E-state index in [1.165, 1.54) is 73.7 Å². The molecule has 0 spiro atoms. The molecular weight excluding hydrogens is 483 g/mol. The van der Waals surface area contributed by atoms with Gasteiger partial charge in [-0.3, -0.25) is 0 Å². The van der Waals surface area contributed by atoms with Crippen molar-refractivity contribution in [1.82, 2.24) is 0 Å². The van der Waals surface area contributed by atoms with Gasteiger partial charge in [0.15, 0.2) is 0 Å². The molecule has 2 heteroatoms. The molecule has 0 N–H and O–H groups in total. The molecule has 0 saturated heterocycles. The molecule has 176 valence electrons. The summed E-state index contributed by atoms with van der Waals surface area (Å²) in [5.41, 5.74) is 0. The van der Waals surface area contributed by atoms with E-state index in [1.54, 1.807) is 0 Å². The van der Waals surface area contributed by atoms with Crippen molar-refractivity contribution in [2.45, 2.75) is 57.8 Å². The number of halogens is 1. The predicted molar refractivity (Wildman–Crippen MR) is 156 cm³/mol. The molecule has 3 rings (SSSR count). The van der Waals surface area contributed by atoms with Crippen LogP contribution < -0.4 is 15.9 Å². The van der Waals surface area contributed by atoms with Crippen molar-refractivity contribution in [2.75, 3.05) is 11.5 Å². The predicted octanol–water partition coefficient (Wildman–Crippen LogP) is 8.17. The van der Waals surface area contributed by atoms with Gasteiger partial charge in [-0.15, -0.1) is 0 Å². The van der Waals surface area contributed by atoms with Gasteiger partial charge in [0.05, 0.1) is 0 Å². The summed E-state index contributed by atoms with van der Waals surface area (Å²) in [7, 11) is -2.11. The molecule has 0 saturated carbocycles. The molecule has 3 aromatic rings. The molecule has 0 amide bonds. The molecule has 3 aromatic carbocycles. The van der Waals surface area contributed by atoms with Gasteiger partial charge in [0.1, 0.15) is 0 Å². The van der Waals surface area contributed by atoms with E-state index in [2.05, 4.69) is 119 Å². The van der Waals surface area contributed by atoms with Crippen LogP contribution in [0, 0.1) is 0 Å². The van der Waals surface area contributed by atoms with Crippen LogP contribution in [0.25, 0.3) is 0 Å². The fourth-order valence-electron chi connectivity index (χ4n) is 4.82. The van der Waals surface area contributed by atoms with Crippen LogP contribution in [-0.2, 0) is 0 Å². The molecule has 0 bridgehead atoms. The Labute approximate surface area is 211 Å². The van der Waals surface area contributed by atoms with Crippen molar-refractivity contribution in [3.8, 4) is 0 Å². The van der Waals surface area contributed by atoms with Crippen LogP contribution in [0.4, 0.5) is 0 Å². The van der Waals surface area contributed by atoms with Crippen LogP contribution >= 0.6 is 23.2 Å². The molecule has 0 aliphatic heterocycles. The van der Waals surface area contributed by atoms with Crippen molar-refractivity contribution in [3.05, 3.63) is 103 Å². The molecule has 0 heterocycles. The van der Waals surface area contributed by atoms with Crippen molar-refractivity contribution in [1.29, 1.82) is 0 Å². The van der Waals surface area contributed by atoms with Gasteiger partial charge in [0.2, 0.25) is 0 Å². The third-order valence-electron chi connectivity index (χ3n) is 6.64. The SMILES string of the molecule is BrCCCCCCCCCCC=CC[PH](c1ccccc1)(c1ccccc1)c1ccccc1. The second kappa shape index (κ2) is 15.3. The number of allylic oxidation sites excluding steroid dienone is 2. The zero-order valence-corrected chi connectivity index (χ0v) is 22.6. The number of unbranched alkanes of at least 4 members (excludes halogenated alkanes) is 8. The number of benzene rings is 3. The number of hydrogen-bond donors (Lipinski definition) is 0. The minimum absolute atomic E-state index is 1.11. The molecule has 0 aliphatic carbocycles. The quantitative estimate of drug-likeness (QED) is 0.0816. The summed E-state index contributed by atoms with van der Waals surface area (Å²) in [5.74, 6) is 0. The fraction of sp³-hybridized carbons (Fsp3) is 0.355. The summed E-state index contributed by atoms with van der Waals surface area (Å²) in [6, 6.07) is 33.7. The molecule has 0 nitrogen and oxygen atoms in total. The molecule has 0 atom stereocenters. The van der Waals surface area contributed by atoms with Gasteiger partial charge < -0.3 is 0 Å². The third-order valence-corrected chi connectivity index (χ3v) is 12.0. The Morgan fingerprint density at radius 1 is 0.485 bits per heavy atom. The van der Waals surface area contributed by atoms with E-state index in [0.29, 0.717) is 0 Å². The van der Waals surface area contributed by atoms with Gasteiger partial charge in [-0.2, -0.15) is 0 Å². The van der Waals surface area contributed by atoms with Crippen molar-refractivity contribution < 1.29 is 0 Å². The van der Waals surface area contributed by atoms with Gasteiger partial charge in [-0.25, -0.2) is 0 Å². The Bertz CT molecular complexity index is 809. The average molecular weight is 524 g/mol. The number of alkyl halides is 1. The third kappa shape index (κ3) is 7.94. The van der Waals surface area contributed by atoms with E-state index in [-0.39, 0.29) is 0 Å². The summed E-state index contributed by atoms with van der Waals surface area (Å²) >= 11 is 3.52. The van der Waals surface area contributed by atoms with E-state index in [0.717, 1.165) is 11.5 Å². The van der Waals surface area contributed by atoms with E-state index >= 15 is 0 Å². The van der Waals surface area contributed by atoms with Crippen LogP contribution in [0.3, 0.4) is 0 Å². The molecule has 0 radical (unpaired) electrons. The van der Waals surface area contributed by atoms with Crippen LogP contribution in [0.5, 0.6) is 0 Å². The first kappa shape index (κ1) is 25.9. The van der Waals surface area contributed by atoms with Gasteiger partial charge in [-0.1, -0.05) is 15.9 Å². The second-order valence-electron chi connectivity index (χ2n) is 8.99. The Kier molecular flexibility index (Phi) is 12.0. The molecule has 33 heavy (non-hydrogen) atoms. The number of hydrogen-bond acceptors (Lipinski definition) is 0. The standard InChI is InChI=1S/C31H40BrP/c32-27-19-8-6-4-2-1-3-5-7-9-20-28-33(29-21-13-10-14-22-29,30-23-15-11-16-24-30)31-25-17-12-18-26-31/h9-18,20-26,33H,1-8,19,27-28H2. The molecule has 0 fully saturated rings. The zero-order chi connectivity index (χ0) is 23.0. The van der Waals surface area contributed by atoms with Crippen LogP contribution in [-0.4, -0.2) is 11.5 Å². The Morgan fingerprint density at radius 3 is 1.30 bits per heavy atom. The van der Waals surface area contributed by atoms with E-state index in [9.17, 15) is 0 Å². The first-order valence-electron chi connectivity index (χ1n) is 12.8. The van der Waals surface area contributed by atoms with Gasteiger partial charge in [0.25, 0.3) is 0 Å². The average Bonchev–Trinajstić information content (AvgIpc) is 2.89. The van der Waals surface area contributed by atoms with Crippen molar-refractivity contribution in [2.24, 2.45) is 0 Å². The van der Waals surface area contributed by atoms with Gasteiger partial charge >= 0.3 is 190 Å². The summed E-state index contributed by atoms with van der Waals surface area (Å²) in [6.45, 7) is 0. The molecular formula is C31H40BrP. The summed E-state index contributed by atoms with van der Waals surface area (Å²) in [6.07, 6.45) is 18.2. The van der Waals surface area contributed by atoms with Crippen molar-refractivity contribution >= 4 is 39.1 Å². The van der Waals surface area contributed by atoms with Crippen LogP contribution in [0.2, 0.25) is 0 Å². The second-order valence-corrected chi connectivity index (χ2v) is 13.7. The van der Waals surface area contributed by atoms with Crippen LogP contribution in [0.1, 0.15) is 57.8 Å². The first-order valence-corrected chi connectivity index (χ1v) is 16.1. The Balaban J connectivity index is 1.65. The molecule has 0 aromatic heterocycles. The topological polar surface area (TPSA) is 0 Å².